The highest BCUT2D eigenvalue weighted by molar-refractivity contribution is 9.11. The van der Waals surface area contributed by atoms with Crippen LogP contribution >= 0.6 is 15.9 Å². The van der Waals surface area contributed by atoms with E-state index in [2.05, 4.69) is 27.8 Å². The molecule has 1 N–H and O–H groups in total. The average molecular weight is 416 g/mol. The molecule has 0 aliphatic heterocycles. The molecule has 0 bridgehead atoms. The highest BCUT2D eigenvalue weighted by atomic mass is 79.9. The van der Waals surface area contributed by atoms with Gasteiger partial charge in [0, 0.05) is 11.0 Å². The predicted octanol–water partition coefficient (Wildman–Crippen LogP) is 4.06. The molecule has 1 aromatic rings. The molecule has 140 valence electrons. The second-order valence-electron chi connectivity index (χ2n) is 6.31. The van der Waals surface area contributed by atoms with Gasteiger partial charge < -0.3 is 24.3 Å². The van der Waals surface area contributed by atoms with Crippen LogP contribution in [0.1, 0.15) is 26.3 Å². The first kappa shape index (κ1) is 21.2. The number of amides is 1. The summed E-state index contributed by atoms with van der Waals surface area (Å²) in [6, 6.07) is 3.71. The van der Waals surface area contributed by atoms with Crippen molar-refractivity contribution in [2.45, 2.75) is 32.8 Å². The van der Waals surface area contributed by atoms with Crippen LogP contribution in [0.3, 0.4) is 0 Å². The number of hydrogen-bond acceptors (Lipinski definition) is 5. The van der Waals surface area contributed by atoms with Gasteiger partial charge in [0.2, 0.25) is 5.75 Å². The first-order valence-corrected chi connectivity index (χ1v) is 8.63. The number of halogens is 1. The molecule has 0 fully saturated rings. The second-order valence-corrected chi connectivity index (χ2v) is 7.44. The summed E-state index contributed by atoms with van der Waals surface area (Å²) >= 11 is 3.25. The Hall–Kier alpha value is -1.89. The van der Waals surface area contributed by atoms with Crippen molar-refractivity contribution in [3.05, 3.63) is 28.8 Å². The Labute approximate surface area is 157 Å². The van der Waals surface area contributed by atoms with Gasteiger partial charge in [-0.2, -0.15) is 0 Å². The largest absolute Gasteiger partial charge is 0.493 e. The van der Waals surface area contributed by atoms with E-state index in [9.17, 15) is 4.79 Å². The molecular formula is C18H26BrNO5. The fourth-order valence-electron chi connectivity index (χ4n) is 1.99. The van der Waals surface area contributed by atoms with E-state index >= 15 is 0 Å². The van der Waals surface area contributed by atoms with Gasteiger partial charge in [-0.3, -0.25) is 0 Å². The molecular weight excluding hydrogens is 390 g/mol. The van der Waals surface area contributed by atoms with E-state index in [-0.39, 0.29) is 0 Å². The minimum Gasteiger partial charge on any atom is -0.493 e. The van der Waals surface area contributed by atoms with Crippen LogP contribution in [0.25, 0.3) is 0 Å². The van der Waals surface area contributed by atoms with Crippen molar-refractivity contribution in [3.8, 4) is 17.2 Å². The van der Waals surface area contributed by atoms with Crippen molar-refractivity contribution in [2.75, 3.05) is 27.4 Å². The van der Waals surface area contributed by atoms with Crippen molar-refractivity contribution >= 4 is 22.0 Å². The lowest BCUT2D eigenvalue weighted by atomic mass is 10.1. The number of nitrogens with one attached hydrogen (secondary N) is 1. The Bertz CT molecular complexity index is 585. The summed E-state index contributed by atoms with van der Waals surface area (Å²) in [6.07, 6.45) is 0.152. The Morgan fingerprint density at radius 2 is 1.76 bits per heavy atom. The third kappa shape index (κ3) is 7.69. The highest BCUT2D eigenvalue weighted by Crippen LogP contribution is 2.39. The molecule has 0 atom stereocenters. The number of benzene rings is 1. The van der Waals surface area contributed by atoms with Gasteiger partial charge in [0.1, 0.15) is 12.2 Å². The minimum absolute atomic E-state index is 0.298. The van der Waals surface area contributed by atoms with Crippen molar-refractivity contribution in [1.82, 2.24) is 5.32 Å². The zero-order chi connectivity index (χ0) is 19.0. The normalized spacial score (nSPS) is 10.8. The molecule has 0 aromatic heterocycles. The van der Waals surface area contributed by atoms with Crippen molar-refractivity contribution in [3.63, 3.8) is 0 Å². The third-order valence-electron chi connectivity index (χ3n) is 2.98. The van der Waals surface area contributed by atoms with Gasteiger partial charge in [-0.05, 0) is 44.9 Å². The number of methoxy groups -OCH3 is 2. The van der Waals surface area contributed by atoms with Crippen molar-refractivity contribution in [2.24, 2.45) is 0 Å². The topological polar surface area (TPSA) is 66.0 Å². The van der Waals surface area contributed by atoms with Crippen LogP contribution in [0.15, 0.2) is 23.2 Å². The molecule has 6 nitrogen and oxygen atoms in total. The van der Waals surface area contributed by atoms with E-state index in [0.29, 0.717) is 41.3 Å². The summed E-state index contributed by atoms with van der Waals surface area (Å²) < 4.78 is 22.4. The van der Waals surface area contributed by atoms with Crippen LogP contribution in [-0.2, 0) is 11.2 Å². The monoisotopic (exact) mass is 415 g/mol. The molecule has 0 radical (unpaired) electrons. The minimum atomic E-state index is -0.519. The van der Waals surface area contributed by atoms with E-state index in [1.807, 2.05) is 32.9 Å². The number of alkyl carbamates (subject to hydrolysis) is 1. The van der Waals surface area contributed by atoms with Crippen LogP contribution in [0.2, 0.25) is 0 Å². The maximum atomic E-state index is 11.7. The van der Waals surface area contributed by atoms with Gasteiger partial charge in [0.25, 0.3) is 0 Å². The molecule has 0 aliphatic rings. The zero-order valence-electron chi connectivity index (χ0n) is 15.4. The Kier molecular flexibility index (Phi) is 8.09. The Morgan fingerprint density at radius 1 is 1.20 bits per heavy atom. The quantitative estimate of drug-likeness (QED) is 0.693. The number of hydrogen-bond donors (Lipinski definition) is 1. The number of carbonyl (C=O) groups is 1. The Balaban J connectivity index is 2.77. The first-order valence-electron chi connectivity index (χ1n) is 7.84. The summed E-state index contributed by atoms with van der Waals surface area (Å²) in [6.45, 7) is 9.93. The molecule has 0 saturated heterocycles. The molecule has 7 heteroatoms. The lowest BCUT2D eigenvalue weighted by Crippen LogP contribution is -2.33. The smallest absolute Gasteiger partial charge is 0.407 e. The van der Waals surface area contributed by atoms with Gasteiger partial charge in [0.15, 0.2) is 11.5 Å². The van der Waals surface area contributed by atoms with E-state index in [1.54, 1.807) is 14.2 Å². The summed E-state index contributed by atoms with van der Waals surface area (Å²) in [5.41, 5.74) is 0.421. The maximum absolute atomic E-state index is 11.7. The SMILES string of the molecule is C=C(Br)COc1c(OC)cc(CCNC(=O)OC(C)(C)C)cc1OC. The molecule has 1 rings (SSSR count). The van der Waals surface area contributed by atoms with Crippen molar-refractivity contribution < 1.29 is 23.7 Å². The molecule has 0 aliphatic carbocycles. The number of ether oxygens (including phenoxy) is 4. The van der Waals surface area contributed by atoms with Gasteiger partial charge in [0.05, 0.1) is 14.2 Å². The number of rotatable bonds is 8. The van der Waals surface area contributed by atoms with Gasteiger partial charge >= 0.3 is 6.09 Å². The fraction of sp³-hybridized carbons (Fsp3) is 0.500. The van der Waals surface area contributed by atoms with E-state index in [4.69, 9.17) is 18.9 Å². The van der Waals surface area contributed by atoms with Gasteiger partial charge in [-0.15, -0.1) is 0 Å². The maximum Gasteiger partial charge on any atom is 0.407 e. The summed E-state index contributed by atoms with van der Waals surface area (Å²) in [5.74, 6) is 1.62. The molecule has 25 heavy (non-hydrogen) atoms. The van der Waals surface area contributed by atoms with Crippen LogP contribution < -0.4 is 19.5 Å². The van der Waals surface area contributed by atoms with Crippen LogP contribution in [-0.4, -0.2) is 39.1 Å². The first-order chi connectivity index (χ1) is 11.7. The lowest BCUT2D eigenvalue weighted by Gasteiger charge is -2.20. The Morgan fingerprint density at radius 3 is 2.20 bits per heavy atom. The molecule has 0 spiro atoms. The van der Waals surface area contributed by atoms with Gasteiger partial charge in [-0.1, -0.05) is 22.5 Å². The van der Waals surface area contributed by atoms with Gasteiger partial charge in [-0.25, -0.2) is 4.79 Å². The molecule has 0 unspecified atom stereocenters. The average Bonchev–Trinajstić information content (AvgIpc) is 2.50. The van der Waals surface area contributed by atoms with E-state index in [1.165, 1.54) is 0 Å². The second kappa shape index (κ2) is 9.56. The van der Waals surface area contributed by atoms with Crippen LogP contribution in [0, 0.1) is 0 Å². The summed E-state index contributed by atoms with van der Waals surface area (Å²) in [7, 11) is 3.13. The molecule has 1 amide bonds. The molecule has 1 aromatic carbocycles. The summed E-state index contributed by atoms with van der Waals surface area (Å²) in [5, 5.41) is 2.73. The van der Waals surface area contributed by atoms with Crippen LogP contribution in [0.4, 0.5) is 4.79 Å². The standard InChI is InChI=1S/C18H26BrNO5/c1-12(19)11-24-16-14(22-5)9-13(10-15(16)23-6)7-8-20-17(21)25-18(2,3)4/h9-10H,1,7-8,11H2,2-6H3,(H,20,21). The van der Waals surface area contributed by atoms with Crippen molar-refractivity contribution in [1.29, 1.82) is 0 Å². The van der Waals surface area contributed by atoms with E-state index < -0.39 is 11.7 Å². The van der Waals surface area contributed by atoms with E-state index in [0.717, 1.165) is 5.56 Å². The fourth-order valence-corrected chi connectivity index (χ4v) is 2.11. The molecule has 0 saturated carbocycles. The highest BCUT2D eigenvalue weighted by Gasteiger charge is 2.17. The molecule has 0 heterocycles. The zero-order valence-corrected chi connectivity index (χ0v) is 17.0. The predicted molar refractivity (Wildman–Crippen MR) is 101 cm³/mol. The third-order valence-corrected chi connectivity index (χ3v) is 3.20. The lowest BCUT2D eigenvalue weighted by molar-refractivity contribution is 0.0528. The van der Waals surface area contributed by atoms with Crippen LogP contribution in [0.5, 0.6) is 17.2 Å². The summed E-state index contributed by atoms with van der Waals surface area (Å²) in [4.78, 5) is 11.7. The number of carbonyl (C=O) groups excluding carboxylic acids is 1.